The van der Waals surface area contributed by atoms with E-state index in [1.54, 1.807) is 36.4 Å². The minimum absolute atomic E-state index is 0.0837. The van der Waals surface area contributed by atoms with Crippen molar-refractivity contribution in [3.63, 3.8) is 0 Å². The number of rotatable bonds is 10. The lowest BCUT2D eigenvalue weighted by Gasteiger charge is -2.32. The second-order valence-corrected chi connectivity index (χ2v) is 12.0. The molecular formula is C32H32Cl2FN3O4. The van der Waals surface area contributed by atoms with Gasteiger partial charge in [-0.05, 0) is 98.8 Å². The molecule has 1 aromatic heterocycles. The number of imidazole rings is 1. The first-order valence-corrected chi connectivity index (χ1v) is 15.0. The fraction of sp³-hybridized carbons (Fsp3) is 0.375. The highest BCUT2D eigenvalue weighted by atomic mass is 35.5. The summed E-state index contributed by atoms with van der Waals surface area (Å²) in [7, 11) is 0. The minimum atomic E-state index is -0.945. The fourth-order valence-electron chi connectivity index (χ4n) is 5.76. The molecule has 2 aliphatic rings. The maximum Gasteiger partial charge on any atom is 0.335 e. The first-order chi connectivity index (χ1) is 20.3. The van der Waals surface area contributed by atoms with Gasteiger partial charge in [-0.3, -0.25) is 4.90 Å². The Morgan fingerprint density at radius 3 is 2.60 bits per heavy atom. The lowest BCUT2D eigenvalue weighted by Crippen LogP contribution is -2.36. The van der Waals surface area contributed by atoms with E-state index in [0.29, 0.717) is 40.4 Å². The number of benzene rings is 3. The quantitative estimate of drug-likeness (QED) is 0.208. The molecule has 10 heteroatoms. The Hall–Kier alpha value is -3.17. The normalized spacial score (nSPS) is 17.8. The second-order valence-electron chi connectivity index (χ2n) is 11.1. The number of fused-ring (bicyclic) bond motifs is 1. The minimum Gasteiger partial charge on any atom is -0.487 e. The molecule has 0 aliphatic carbocycles. The number of aromatic nitrogens is 2. The largest absolute Gasteiger partial charge is 0.487 e. The van der Waals surface area contributed by atoms with E-state index in [1.807, 2.05) is 12.1 Å². The van der Waals surface area contributed by atoms with Gasteiger partial charge in [0.05, 0.1) is 40.8 Å². The van der Waals surface area contributed by atoms with Gasteiger partial charge in [-0.1, -0.05) is 29.3 Å². The second kappa shape index (κ2) is 12.6. The van der Waals surface area contributed by atoms with Gasteiger partial charge in [0.1, 0.15) is 24.0 Å². The number of nitrogens with zero attached hydrogens (tertiary/aromatic N) is 3. The number of piperidine rings is 1. The smallest absolute Gasteiger partial charge is 0.335 e. The van der Waals surface area contributed by atoms with Gasteiger partial charge < -0.3 is 19.1 Å². The summed E-state index contributed by atoms with van der Waals surface area (Å²) in [6.45, 7) is 4.08. The summed E-state index contributed by atoms with van der Waals surface area (Å²) in [5, 5.41) is 10.4. The Labute approximate surface area is 253 Å². The van der Waals surface area contributed by atoms with Crippen LogP contribution in [0.25, 0.3) is 11.0 Å². The zero-order chi connectivity index (χ0) is 29.2. The molecule has 0 unspecified atom stereocenters. The summed E-state index contributed by atoms with van der Waals surface area (Å²) < 4.78 is 28.2. The lowest BCUT2D eigenvalue weighted by atomic mass is 9.89. The van der Waals surface area contributed by atoms with Gasteiger partial charge in [-0.15, -0.1) is 0 Å². The van der Waals surface area contributed by atoms with Crippen LogP contribution in [0.4, 0.5) is 4.39 Å². The van der Waals surface area contributed by atoms with Crippen molar-refractivity contribution in [2.75, 3.05) is 19.7 Å². The van der Waals surface area contributed by atoms with Crippen molar-refractivity contribution in [2.45, 2.75) is 51.5 Å². The third-order valence-corrected chi connectivity index (χ3v) is 8.77. The zero-order valence-electron chi connectivity index (χ0n) is 23.1. The molecule has 0 saturated carbocycles. The van der Waals surface area contributed by atoms with E-state index in [4.69, 9.17) is 37.7 Å². The first-order valence-electron chi connectivity index (χ1n) is 14.2. The highest BCUT2D eigenvalue weighted by molar-refractivity contribution is 6.35. The highest BCUT2D eigenvalue weighted by Crippen LogP contribution is 2.30. The average molecular weight is 613 g/mol. The van der Waals surface area contributed by atoms with E-state index in [-0.39, 0.29) is 24.1 Å². The van der Waals surface area contributed by atoms with Crippen LogP contribution in [0.1, 0.15) is 46.6 Å². The molecular weight excluding hydrogens is 580 g/mol. The van der Waals surface area contributed by atoms with Crippen LogP contribution in [0.15, 0.2) is 54.6 Å². The van der Waals surface area contributed by atoms with Crippen LogP contribution in [0.5, 0.6) is 5.75 Å². The van der Waals surface area contributed by atoms with Crippen molar-refractivity contribution in [3.8, 4) is 5.75 Å². The van der Waals surface area contributed by atoms with Crippen molar-refractivity contribution in [2.24, 2.45) is 5.92 Å². The molecule has 3 aromatic carbocycles. The van der Waals surface area contributed by atoms with E-state index >= 15 is 0 Å². The van der Waals surface area contributed by atoms with Crippen LogP contribution in [-0.4, -0.2) is 51.3 Å². The SMILES string of the molecule is O=C(O)c1ccc2nc(CN3CCC(Cc4ccc(F)c(COc5ccc(Cl)cc5Cl)c4)CC3)n(C[C@@H]3CCO3)c2c1. The number of halogens is 3. The Morgan fingerprint density at radius 2 is 1.88 bits per heavy atom. The molecule has 4 aromatic rings. The Balaban J connectivity index is 1.08. The van der Waals surface area contributed by atoms with E-state index in [0.717, 1.165) is 67.8 Å². The number of likely N-dealkylation sites (tertiary alicyclic amines) is 1. The Morgan fingerprint density at radius 1 is 1.07 bits per heavy atom. The summed E-state index contributed by atoms with van der Waals surface area (Å²) in [4.78, 5) is 18.9. The maximum absolute atomic E-state index is 14.6. The van der Waals surface area contributed by atoms with Gasteiger partial charge in [0.15, 0.2) is 0 Å². The fourth-order valence-corrected chi connectivity index (χ4v) is 6.22. The highest BCUT2D eigenvalue weighted by Gasteiger charge is 2.25. The van der Waals surface area contributed by atoms with Crippen molar-refractivity contribution < 1.29 is 23.8 Å². The average Bonchev–Trinajstić information content (AvgIpc) is 3.28. The molecule has 42 heavy (non-hydrogen) atoms. The van der Waals surface area contributed by atoms with Crippen molar-refractivity contribution in [1.82, 2.24) is 14.5 Å². The topological polar surface area (TPSA) is 76.8 Å². The van der Waals surface area contributed by atoms with Crippen LogP contribution in [0, 0.1) is 11.7 Å². The first kappa shape index (κ1) is 28.9. The number of hydrogen-bond acceptors (Lipinski definition) is 5. The third-order valence-electron chi connectivity index (χ3n) is 8.24. The van der Waals surface area contributed by atoms with Crippen LogP contribution < -0.4 is 4.74 Å². The van der Waals surface area contributed by atoms with E-state index in [2.05, 4.69) is 9.47 Å². The van der Waals surface area contributed by atoms with Gasteiger partial charge in [0, 0.05) is 17.2 Å². The summed E-state index contributed by atoms with van der Waals surface area (Å²) in [6, 6.07) is 15.3. The van der Waals surface area contributed by atoms with E-state index < -0.39 is 5.97 Å². The van der Waals surface area contributed by atoms with E-state index in [9.17, 15) is 14.3 Å². The molecule has 3 heterocycles. The predicted octanol–water partition coefficient (Wildman–Crippen LogP) is 7.00. The van der Waals surface area contributed by atoms with Crippen LogP contribution in [0.3, 0.4) is 0 Å². The Kier molecular flexibility index (Phi) is 8.67. The number of aromatic carboxylic acids is 1. The number of carboxylic acids is 1. The van der Waals surface area contributed by atoms with Crippen LogP contribution >= 0.6 is 23.2 Å². The molecule has 1 N–H and O–H groups in total. The molecule has 0 spiro atoms. The number of ether oxygens (including phenoxy) is 2. The monoisotopic (exact) mass is 611 g/mol. The molecule has 220 valence electrons. The van der Waals surface area contributed by atoms with E-state index in [1.165, 1.54) is 6.07 Å². The van der Waals surface area contributed by atoms with Gasteiger partial charge in [0.2, 0.25) is 0 Å². The van der Waals surface area contributed by atoms with Crippen LogP contribution in [-0.2, 0) is 30.9 Å². The summed E-state index contributed by atoms with van der Waals surface area (Å²) in [5.74, 6) is 0.649. The summed E-state index contributed by atoms with van der Waals surface area (Å²) in [6.07, 6.45) is 4.06. The molecule has 7 nitrogen and oxygen atoms in total. The lowest BCUT2D eigenvalue weighted by molar-refractivity contribution is -0.0592. The molecule has 0 radical (unpaired) electrons. The molecule has 1 atom stereocenters. The molecule has 2 fully saturated rings. The molecule has 6 rings (SSSR count). The summed E-state index contributed by atoms with van der Waals surface area (Å²) >= 11 is 12.2. The van der Waals surface area contributed by atoms with Crippen molar-refractivity contribution >= 4 is 40.2 Å². The summed E-state index contributed by atoms with van der Waals surface area (Å²) in [5.41, 5.74) is 3.49. The third kappa shape index (κ3) is 6.57. The molecule has 0 amide bonds. The Bertz CT molecular complexity index is 1600. The standard InChI is InChI=1S/C32H32Cl2FN3O4/c33-24-3-6-30(26(34)16-24)42-19-23-14-21(1-4-27(23)35)13-20-7-10-37(11-8-20)18-31-36-28-5-2-22(32(39)40)15-29(28)38(31)17-25-9-12-41-25/h1-6,14-16,20,25H,7-13,17-19H2,(H,39,40)/t25-/m0/s1. The van der Waals surface area contributed by atoms with Gasteiger partial charge >= 0.3 is 5.97 Å². The van der Waals surface area contributed by atoms with Crippen molar-refractivity contribution in [3.05, 3.63) is 93.0 Å². The predicted molar refractivity (Wildman–Crippen MR) is 160 cm³/mol. The number of carbonyl (C=O) groups is 1. The maximum atomic E-state index is 14.6. The number of carboxylic acid groups (broad SMARTS) is 1. The molecule has 2 saturated heterocycles. The molecule has 0 bridgehead atoms. The van der Waals surface area contributed by atoms with Crippen LogP contribution in [0.2, 0.25) is 10.0 Å². The number of hydrogen-bond donors (Lipinski definition) is 1. The van der Waals surface area contributed by atoms with Gasteiger partial charge in [-0.25, -0.2) is 14.2 Å². The zero-order valence-corrected chi connectivity index (χ0v) is 24.6. The van der Waals surface area contributed by atoms with Crippen molar-refractivity contribution in [1.29, 1.82) is 0 Å². The molecule has 2 aliphatic heterocycles. The van der Waals surface area contributed by atoms with Gasteiger partial charge in [-0.2, -0.15) is 0 Å². The van der Waals surface area contributed by atoms with Gasteiger partial charge in [0.25, 0.3) is 0 Å².